The summed E-state index contributed by atoms with van der Waals surface area (Å²) < 4.78 is 23.0. The van der Waals surface area contributed by atoms with E-state index in [4.69, 9.17) is 9.47 Å². The number of hydrogen-bond donors (Lipinski definition) is 0. The summed E-state index contributed by atoms with van der Waals surface area (Å²) in [6.45, 7) is 3.79. The Morgan fingerprint density at radius 1 is 1.45 bits per heavy atom. The fraction of sp³-hybridized carbons (Fsp3) is 0.429. The summed E-state index contributed by atoms with van der Waals surface area (Å²) >= 11 is 3.19. The van der Waals surface area contributed by atoms with E-state index in [1.807, 2.05) is 0 Å². The number of rotatable bonds is 3. The van der Waals surface area contributed by atoms with Gasteiger partial charge in [-0.05, 0) is 17.7 Å². The second kappa shape index (κ2) is 5.52. The summed E-state index contributed by atoms with van der Waals surface area (Å²) in [4.78, 5) is 22.9. The van der Waals surface area contributed by atoms with E-state index in [0.717, 1.165) is 0 Å². The van der Waals surface area contributed by atoms with E-state index in [1.54, 1.807) is 13.8 Å². The minimum atomic E-state index is -0.921. The predicted molar refractivity (Wildman–Crippen MR) is 72.7 cm³/mol. The first-order valence-electron chi connectivity index (χ1n) is 6.08. The molecular formula is C14H14BrFO4. The highest BCUT2D eigenvalue weighted by atomic mass is 79.9. The molecule has 1 unspecified atom stereocenters. The summed E-state index contributed by atoms with van der Waals surface area (Å²) in [5, 5.41) is 0. The highest BCUT2D eigenvalue weighted by molar-refractivity contribution is 9.09. The molecule has 20 heavy (non-hydrogen) atoms. The lowest BCUT2D eigenvalue weighted by atomic mass is 9.90. The second-order valence-electron chi connectivity index (χ2n) is 5.33. The van der Waals surface area contributed by atoms with Gasteiger partial charge >= 0.3 is 11.9 Å². The third-order valence-electron chi connectivity index (χ3n) is 3.11. The molecule has 0 bridgehead atoms. The monoisotopic (exact) mass is 344 g/mol. The van der Waals surface area contributed by atoms with Crippen LogP contribution in [0.3, 0.4) is 0 Å². The van der Waals surface area contributed by atoms with Gasteiger partial charge in [0.05, 0.1) is 0 Å². The molecule has 4 nitrogen and oxygen atoms in total. The van der Waals surface area contributed by atoms with Crippen molar-refractivity contribution in [2.45, 2.75) is 24.8 Å². The fourth-order valence-corrected chi connectivity index (χ4v) is 2.29. The summed E-state index contributed by atoms with van der Waals surface area (Å²) in [6, 6.07) is 5.47. The lowest BCUT2D eigenvalue weighted by Gasteiger charge is -2.22. The SMILES string of the molecule is CC1(C)COC(=O)[C@@H]1OC(=O)C(Br)c1ccc(F)cc1. The van der Waals surface area contributed by atoms with Gasteiger partial charge in [-0.15, -0.1) is 0 Å². The molecule has 1 fully saturated rings. The molecule has 6 heteroatoms. The van der Waals surface area contributed by atoms with E-state index in [9.17, 15) is 14.0 Å². The van der Waals surface area contributed by atoms with Gasteiger partial charge in [-0.3, -0.25) is 4.79 Å². The zero-order chi connectivity index (χ0) is 14.9. The van der Waals surface area contributed by atoms with Crippen LogP contribution in [0, 0.1) is 11.2 Å². The van der Waals surface area contributed by atoms with Crippen LogP contribution in [-0.2, 0) is 19.1 Å². The van der Waals surface area contributed by atoms with Crippen molar-refractivity contribution in [3.8, 4) is 0 Å². The molecule has 0 N–H and O–H groups in total. The van der Waals surface area contributed by atoms with E-state index in [-0.39, 0.29) is 12.4 Å². The molecule has 0 aliphatic carbocycles. The molecule has 0 saturated carbocycles. The summed E-state index contributed by atoms with van der Waals surface area (Å²) in [5.41, 5.74) is 0.00277. The molecule has 1 aromatic rings. The topological polar surface area (TPSA) is 52.6 Å². The summed E-state index contributed by atoms with van der Waals surface area (Å²) in [7, 11) is 0. The van der Waals surface area contributed by atoms with Crippen LogP contribution < -0.4 is 0 Å². The van der Waals surface area contributed by atoms with Crippen LogP contribution in [0.15, 0.2) is 24.3 Å². The molecule has 0 radical (unpaired) electrons. The van der Waals surface area contributed by atoms with Crippen molar-refractivity contribution < 1.29 is 23.5 Å². The van der Waals surface area contributed by atoms with Crippen molar-refractivity contribution in [2.75, 3.05) is 6.61 Å². The molecule has 108 valence electrons. The fourth-order valence-electron chi connectivity index (χ4n) is 1.88. The normalized spacial score (nSPS) is 22.2. The van der Waals surface area contributed by atoms with Gasteiger partial charge < -0.3 is 9.47 Å². The van der Waals surface area contributed by atoms with Gasteiger partial charge in [-0.2, -0.15) is 0 Å². The van der Waals surface area contributed by atoms with Crippen LogP contribution in [-0.4, -0.2) is 24.6 Å². The molecule has 1 saturated heterocycles. The van der Waals surface area contributed by atoms with Gasteiger partial charge in [0.1, 0.15) is 17.3 Å². The molecule has 1 aliphatic rings. The van der Waals surface area contributed by atoms with Gasteiger partial charge in [-0.25, -0.2) is 9.18 Å². The molecule has 0 aromatic heterocycles. The average Bonchev–Trinajstić information content (AvgIpc) is 2.65. The number of benzene rings is 1. The molecule has 1 aliphatic heterocycles. The number of carbonyl (C=O) groups is 2. The molecule has 2 rings (SSSR count). The third-order valence-corrected chi connectivity index (χ3v) is 4.02. The van der Waals surface area contributed by atoms with Crippen molar-refractivity contribution in [1.82, 2.24) is 0 Å². The Labute approximate surface area is 124 Å². The molecular weight excluding hydrogens is 331 g/mol. The maximum Gasteiger partial charge on any atom is 0.348 e. The first-order valence-corrected chi connectivity index (χ1v) is 6.99. The van der Waals surface area contributed by atoms with Gasteiger partial charge in [-0.1, -0.05) is 41.9 Å². The van der Waals surface area contributed by atoms with Gasteiger partial charge in [0, 0.05) is 5.41 Å². The Balaban J connectivity index is 2.08. The zero-order valence-electron chi connectivity index (χ0n) is 11.1. The van der Waals surface area contributed by atoms with E-state index < -0.39 is 28.3 Å². The van der Waals surface area contributed by atoms with Crippen molar-refractivity contribution >= 4 is 27.9 Å². The van der Waals surface area contributed by atoms with Crippen molar-refractivity contribution in [2.24, 2.45) is 5.41 Å². The largest absolute Gasteiger partial charge is 0.462 e. The predicted octanol–water partition coefficient (Wildman–Crippen LogP) is 2.76. The van der Waals surface area contributed by atoms with Gasteiger partial charge in [0.2, 0.25) is 6.10 Å². The number of alkyl halides is 1. The molecule has 0 amide bonds. The molecule has 1 aromatic carbocycles. The number of esters is 2. The number of halogens is 2. The number of hydrogen-bond acceptors (Lipinski definition) is 4. The Morgan fingerprint density at radius 3 is 2.55 bits per heavy atom. The van der Waals surface area contributed by atoms with Crippen LogP contribution in [0.25, 0.3) is 0 Å². The lowest BCUT2D eigenvalue weighted by Crippen LogP contribution is -2.35. The maximum absolute atomic E-state index is 12.8. The lowest BCUT2D eigenvalue weighted by molar-refractivity contribution is -0.162. The zero-order valence-corrected chi connectivity index (χ0v) is 12.6. The maximum atomic E-state index is 12.8. The van der Waals surface area contributed by atoms with Crippen LogP contribution in [0.5, 0.6) is 0 Å². The molecule has 2 atom stereocenters. The Bertz CT molecular complexity index is 526. The van der Waals surface area contributed by atoms with Crippen molar-refractivity contribution in [1.29, 1.82) is 0 Å². The smallest absolute Gasteiger partial charge is 0.348 e. The molecule has 1 heterocycles. The highest BCUT2D eigenvalue weighted by Gasteiger charge is 2.47. The highest BCUT2D eigenvalue weighted by Crippen LogP contribution is 2.33. The van der Waals surface area contributed by atoms with E-state index in [2.05, 4.69) is 15.9 Å². The minimum absolute atomic E-state index is 0.216. The summed E-state index contributed by atoms with van der Waals surface area (Å²) in [5.74, 6) is -1.53. The first-order chi connectivity index (χ1) is 9.31. The van der Waals surface area contributed by atoms with Crippen LogP contribution in [0.2, 0.25) is 0 Å². The van der Waals surface area contributed by atoms with Crippen LogP contribution >= 0.6 is 15.9 Å². The Hall–Kier alpha value is -1.43. The quantitative estimate of drug-likeness (QED) is 0.624. The van der Waals surface area contributed by atoms with E-state index in [0.29, 0.717) is 5.56 Å². The van der Waals surface area contributed by atoms with Gasteiger partial charge in [0.15, 0.2) is 0 Å². The minimum Gasteiger partial charge on any atom is -0.462 e. The second-order valence-corrected chi connectivity index (χ2v) is 6.24. The van der Waals surface area contributed by atoms with Crippen LogP contribution in [0.1, 0.15) is 24.2 Å². The van der Waals surface area contributed by atoms with Crippen molar-refractivity contribution in [3.63, 3.8) is 0 Å². The van der Waals surface area contributed by atoms with E-state index >= 15 is 0 Å². The Kier molecular flexibility index (Phi) is 4.13. The third kappa shape index (κ3) is 3.00. The summed E-state index contributed by atoms with van der Waals surface area (Å²) in [6.07, 6.45) is -0.921. The van der Waals surface area contributed by atoms with Crippen molar-refractivity contribution in [3.05, 3.63) is 35.6 Å². The van der Waals surface area contributed by atoms with Gasteiger partial charge in [0.25, 0.3) is 0 Å². The molecule has 0 spiro atoms. The Morgan fingerprint density at radius 2 is 2.05 bits per heavy atom. The standard InChI is InChI=1S/C14H14BrFO4/c1-14(2)7-19-13(18)11(14)20-12(17)10(15)8-3-5-9(16)6-4-8/h3-6,10-11H,7H2,1-2H3/t10?,11-/m0/s1. The van der Waals surface area contributed by atoms with Crippen LogP contribution in [0.4, 0.5) is 4.39 Å². The number of cyclic esters (lactones) is 1. The van der Waals surface area contributed by atoms with E-state index in [1.165, 1.54) is 24.3 Å². The number of carbonyl (C=O) groups excluding carboxylic acids is 2. The first kappa shape index (κ1) is 15.0. The average molecular weight is 345 g/mol. The number of ether oxygens (including phenoxy) is 2.